The molecule has 0 aliphatic carbocycles. The van der Waals surface area contributed by atoms with E-state index in [4.69, 9.17) is 4.74 Å². The molecule has 1 N–H and O–H groups in total. The van der Waals surface area contributed by atoms with Gasteiger partial charge < -0.3 is 10.1 Å². The molecule has 2 rings (SSSR count). The number of rotatable bonds is 4. The molecule has 0 aromatic heterocycles. The first-order valence-corrected chi connectivity index (χ1v) is 6.26. The van der Waals surface area contributed by atoms with Gasteiger partial charge in [0, 0.05) is 13.0 Å². The number of esters is 1. The Morgan fingerprint density at radius 2 is 2.29 bits per heavy atom. The maximum absolute atomic E-state index is 11.3. The van der Waals surface area contributed by atoms with Gasteiger partial charge in [-0.2, -0.15) is 0 Å². The quantitative estimate of drug-likeness (QED) is 0.806. The van der Waals surface area contributed by atoms with Gasteiger partial charge in [0.1, 0.15) is 0 Å². The van der Waals surface area contributed by atoms with Gasteiger partial charge in [-0.05, 0) is 43.0 Å². The van der Waals surface area contributed by atoms with Crippen LogP contribution in [0.5, 0.6) is 0 Å². The molecule has 0 amide bonds. The molecular weight excluding hydrogens is 214 g/mol. The van der Waals surface area contributed by atoms with Crippen LogP contribution >= 0.6 is 0 Å². The van der Waals surface area contributed by atoms with Gasteiger partial charge in [-0.25, -0.2) is 0 Å². The lowest BCUT2D eigenvalue weighted by molar-refractivity contribution is -0.143. The summed E-state index contributed by atoms with van der Waals surface area (Å²) in [6.45, 7) is 4.32. The van der Waals surface area contributed by atoms with Gasteiger partial charge in [0.15, 0.2) is 0 Å². The van der Waals surface area contributed by atoms with Crippen LogP contribution in [0.15, 0.2) is 18.2 Å². The summed E-state index contributed by atoms with van der Waals surface area (Å²) in [5.41, 5.74) is 4.04. The number of carbonyl (C=O) groups excluding carboxylic acids is 1. The van der Waals surface area contributed by atoms with Crippen molar-refractivity contribution in [1.82, 2.24) is 5.32 Å². The molecule has 0 spiro atoms. The topological polar surface area (TPSA) is 38.3 Å². The Labute approximate surface area is 102 Å². The fraction of sp³-hybridized carbons (Fsp3) is 0.500. The van der Waals surface area contributed by atoms with E-state index in [0.717, 1.165) is 25.9 Å². The predicted molar refractivity (Wildman–Crippen MR) is 66.8 cm³/mol. The van der Waals surface area contributed by atoms with Gasteiger partial charge in [-0.3, -0.25) is 4.79 Å². The van der Waals surface area contributed by atoms with E-state index in [1.54, 1.807) is 0 Å². The molecule has 0 atom stereocenters. The van der Waals surface area contributed by atoms with E-state index in [9.17, 15) is 4.79 Å². The minimum absolute atomic E-state index is 0.105. The zero-order chi connectivity index (χ0) is 12.1. The van der Waals surface area contributed by atoms with Crippen LogP contribution in [0.1, 0.15) is 30.0 Å². The van der Waals surface area contributed by atoms with Crippen molar-refractivity contribution in [3.8, 4) is 0 Å². The van der Waals surface area contributed by atoms with Crippen LogP contribution in [0, 0.1) is 0 Å². The van der Waals surface area contributed by atoms with E-state index in [-0.39, 0.29) is 5.97 Å². The van der Waals surface area contributed by atoms with E-state index < -0.39 is 0 Å². The highest BCUT2D eigenvalue weighted by Gasteiger charge is 2.09. The summed E-state index contributed by atoms with van der Waals surface area (Å²) in [6, 6.07) is 6.52. The lowest BCUT2D eigenvalue weighted by Crippen LogP contribution is -2.23. The molecule has 1 aliphatic heterocycles. The Bertz CT molecular complexity index is 401. The minimum Gasteiger partial charge on any atom is -0.466 e. The zero-order valence-corrected chi connectivity index (χ0v) is 10.3. The monoisotopic (exact) mass is 233 g/mol. The SMILES string of the molecule is CCOC(=O)CCc1ccc2c(c1)CCNC2. The fourth-order valence-electron chi connectivity index (χ4n) is 2.17. The third-order valence-electron chi connectivity index (χ3n) is 3.08. The molecule has 0 radical (unpaired) electrons. The summed E-state index contributed by atoms with van der Waals surface area (Å²) in [6.07, 6.45) is 2.34. The van der Waals surface area contributed by atoms with Crippen molar-refractivity contribution < 1.29 is 9.53 Å². The molecule has 3 heteroatoms. The van der Waals surface area contributed by atoms with Gasteiger partial charge in [0.05, 0.1) is 6.61 Å². The van der Waals surface area contributed by atoms with Crippen LogP contribution < -0.4 is 5.32 Å². The average Bonchev–Trinajstić information content (AvgIpc) is 2.36. The number of benzene rings is 1. The number of aryl methyl sites for hydroxylation is 1. The summed E-state index contributed by atoms with van der Waals surface area (Å²) in [7, 11) is 0. The van der Waals surface area contributed by atoms with Gasteiger partial charge in [-0.15, -0.1) is 0 Å². The third-order valence-corrected chi connectivity index (χ3v) is 3.08. The standard InChI is InChI=1S/C14H19NO2/c1-2-17-14(16)6-4-11-3-5-13-10-15-8-7-12(13)9-11/h3,5,9,15H,2,4,6-8,10H2,1H3. The molecule has 0 bridgehead atoms. The van der Waals surface area contributed by atoms with Crippen molar-refractivity contribution in [3.63, 3.8) is 0 Å². The Hall–Kier alpha value is -1.35. The van der Waals surface area contributed by atoms with Crippen molar-refractivity contribution in [2.24, 2.45) is 0 Å². The van der Waals surface area contributed by atoms with Gasteiger partial charge >= 0.3 is 5.97 Å². The molecule has 0 saturated carbocycles. The largest absolute Gasteiger partial charge is 0.466 e. The van der Waals surface area contributed by atoms with Gasteiger partial charge in [0.2, 0.25) is 0 Å². The third kappa shape index (κ3) is 3.30. The Morgan fingerprint density at radius 1 is 1.41 bits per heavy atom. The van der Waals surface area contributed by atoms with Gasteiger partial charge in [0.25, 0.3) is 0 Å². The van der Waals surface area contributed by atoms with Crippen molar-refractivity contribution in [3.05, 3.63) is 34.9 Å². The van der Waals surface area contributed by atoms with Crippen LogP contribution in [-0.2, 0) is 28.9 Å². The maximum atomic E-state index is 11.3. The highest BCUT2D eigenvalue weighted by atomic mass is 16.5. The number of hydrogen-bond donors (Lipinski definition) is 1. The second kappa shape index (κ2) is 5.82. The van der Waals surface area contributed by atoms with E-state index in [0.29, 0.717) is 13.0 Å². The number of carbonyl (C=O) groups is 1. The molecule has 3 nitrogen and oxygen atoms in total. The Balaban J connectivity index is 1.95. The van der Waals surface area contributed by atoms with Crippen LogP contribution in [0.4, 0.5) is 0 Å². The van der Waals surface area contributed by atoms with E-state index in [1.165, 1.54) is 16.7 Å². The molecule has 0 fully saturated rings. The number of ether oxygens (including phenoxy) is 1. The highest BCUT2D eigenvalue weighted by molar-refractivity contribution is 5.69. The number of nitrogens with one attached hydrogen (secondary N) is 1. The first-order chi connectivity index (χ1) is 8.29. The molecule has 1 aromatic carbocycles. The van der Waals surface area contributed by atoms with E-state index >= 15 is 0 Å². The average molecular weight is 233 g/mol. The predicted octanol–water partition coefficient (Wildman–Crippen LogP) is 1.83. The second-order valence-electron chi connectivity index (χ2n) is 4.33. The van der Waals surface area contributed by atoms with Crippen LogP contribution in [0.2, 0.25) is 0 Å². The lowest BCUT2D eigenvalue weighted by atomic mass is 9.97. The van der Waals surface area contributed by atoms with Crippen LogP contribution in [0.25, 0.3) is 0 Å². The van der Waals surface area contributed by atoms with Gasteiger partial charge in [-0.1, -0.05) is 18.2 Å². The Morgan fingerprint density at radius 3 is 3.12 bits per heavy atom. The van der Waals surface area contributed by atoms with Crippen LogP contribution in [0.3, 0.4) is 0 Å². The number of hydrogen-bond acceptors (Lipinski definition) is 3. The van der Waals surface area contributed by atoms with Crippen LogP contribution in [-0.4, -0.2) is 19.1 Å². The molecule has 1 heterocycles. The highest BCUT2D eigenvalue weighted by Crippen LogP contribution is 2.16. The summed E-state index contributed by atoms with van der Waals surface area (Å²) in [4.78, 5) is 11.3. The first kappa shape index (κ1) is 12.1. The molecule has 92 valence electrons. The molecule has 0 unspecified atom stereocenters. The fourth-order valence-corrected chi connectivity index (χ4v) is 2.17. The van der Waals surface area contributed by atoms with Crippen molar-refractivity contribution in [2.75, 3.05) is 13.2 Å². The molecule has 1 aromatic rings. The van der Waals surface area contributed by atoms with Crippen molar-refractivity contribution in [2.45, 2.75) is 32.7 Å². The zero-order valence-electron chi connectivity index (χ0n) is 10.3. The summed E-state index contributed by atoms with van der Waals surface area (Å²) < 4.78 is 4.93. The maximum Gasteiger partial charge on any atom is 0.306 e. The molecule has 17 heavy (non-hydrogen) atoms. The second-order valence-corrected chi connectivity index (χ2v) is 4.33. The lowest BCUT2D eigenvalue weighted by Gasteiger charge is -2.17. The molecule has 1 aliphatic rings. The van der Waals surface area contributed by atoms with Crippen molar-refractivity contribution in [1.29, 1.82) is 0 Å². The van der Waals surface area contributed by atoms with E-state index in [2.05, 4.69) is 23.5 Å². The molecule has 0 saturated heterocycles. The summed E-state index contributed by atoms with van der Waals surface area (Å²) in [5, 5.41) is 3.35. The minimum atomic E-state index is -0.105. The first-order valence-electron chi connectivity index (χ1n) is 6.26. The van der Waals surface area contributed by atoms with E-state index in [1.807, 2.05) is 6.92 Å². The number of fused-ring (bicyclic) bond motifs is 1. The smallest absolute Gasteiger partial charge is 0.306 e. The summed E-state index contributed by atoms with van der Waals surface area (Å²) in [5.74, 6) is -0.105. The molecular formula is C14H19NO2. The normalized spacial score (nSPS) is 14.2. The van der Waals surface area contributed by atoms with Crippen molar-refractivity contribution >= 4 is 5.97 Å². The Kier molecular flexibility index (Phi) is 4.15. The summed E-state index contributed by atoms with van der Waals surface area (Å²) >= 11 is 0.